The molecule has 33 heavy (non-hydrogen) atoms. The minimum atomic E-state index is -0.0384. The van der Waals surface area contributed by atoms with Crippen LogP contribution in [0.1, 0.15) is 39.0 Å². The molecule has 0 aromatic heterocycles. The standard InChI is InChI=1S/C23H43N7O2.HI/c1-19(21(31)29-11-5-6-12-29)27-15-17-30(18-16-27)23(24-2)25-10-8-14-28-13-7-9-20(28)22(32)26(3)4;/h19-20H,5-18H2,1-4H3,(H,24,25);1H. The first-order chi connectivity index (χ1) is 15.4. The number of likely N-dealkylation sites (tertiary alicyclic amines) is 2. The highest BCUT2D eigenvalue weighted by atomic mass is 127. The molecule has 2 unspecified atom stereocenters. The van der Waals surface area contributed by atoms with Gasteiger partial charge in [-0.05, 0) is 45.6 Å². The van der Waals surface area contributed by atoms with Crippen LogP contribution in [0.15, 0.2) is 4.99 Å². The molecule has 190 valence electrons. The van der Waals surface area contributed by atoms with E-state index in [1.54, 1.807) is 4.90 Å². The van der Waals surface area contributed by atoms with E-state index in [0.717, 1.165) is 97.0 Å². The highest BCUT2D eigenvalue weighted by molar-refractivity contribution is 14.0. The number of rotatable bonds is 7. The van der Waals surface area contributed by atoms with E-state index < -0.39 is 0 Å². The number of hydrogen-bond donors (Lipinski definition) is 1. The van der Waals surface area contributed by atoms with E-state index in [1.165, 1.54) is 0 Å². The average molecular weight is 578 g/mol. The molecule has 3 aliphatic heterocycles. The van der Waals surface area contributed by atoms with E-state index in [1.807, 2.05) is 26.0 Å². The number of aliphatic imine (C=N–C) groups is 1. The molecule has 0 spiro atoms. The van der Waals surface area contributed by atoms with Gasteiger partial charge in [-0.1, -0.05) is 0 Å². The first kappa shape index (κ1) is 28.1. The lowest BCUT2D eigenvalue weighted by molar-refractivity contribution is -0.136. The van der Waals surface area contributed by atoms with E-state index in [0.29, 0.717) is 0 Å². The molecule has 0 bridgehead atoms. The molecular weight excluding hydrogens is 533 g/mol. The summed E-state index contributed by atoms with van der Waals surface area (Å²) in [6, 6.07) is 0.00570. The third kappa shape index (κ3) is 7.42. The Hall–Kier alpha value is -1.14. The van der Waals surface area contributed by atoms with Crippen molar-refractivity contribution in [2.24, 2.45) is 4.99 Å². The number of likely N-dealkylation sites (N-methyl/N-ethyl adjacent to an activating group) is 1. The lowest BCUT2D eigenvalue weighted by atomic mass is 10.2. The van der Waals surface area contributed by atoms with Crippen LogP contribution >= 0.6 is 24.0 Å². The van der Waals surface area contributed by atoms with E-state index >= 15 is 0 Å². The van der Waals surface area contributed by atoms with Gasteiger partial charge in [0.25, 0.3) is 0 Å². The summed E-state index contributed by atoms with van der Waals surface area (Å²) in [6.45, 7) is 10.2. The molecule has 2 atom stereocenters. The van der Waals surface area contributed by atoms with Gasteiger partial charge < -0.3 is 20.0 Å². The van der Waals surface area contributed by atoms with E-state index in [2.05, 4.69) is 31.9 Å². The molecule has 3 rings (SSSR count). The van der Waals surface area contributed by atoms with Gasteiger partial charge in [-0.15, -0.1) is 24.0 Å². The normalized spacial score (nSPS) is 23.4. The fourth-order valence-corrected chi connectivity index (χ4v) is 5.17. The number of nitrogens with zero attached hydrogens (tertiary/aromatic N) is 6. The molecule has 0 saturated carbocycles. The third-order valence-corrected chi connectivity index (χ3v) is 7.14. The van der Waals surface area contributed by atoms with Crippen molar-refractivity contribution in [1.29, 1.82) is 0 Å². The Morgan fingerprint density at radius 3 is 2.27 bits per heavy atom. The Bertz CT molecular complexity index is 661. The number of carbonyl (C=O) groups is 2. The zero-order chi connectivity index (χ0) is 23.1. The average Bonchev–Trinajstić information content (AvgIpc) is 3.50. The van der Waals surface area contributed by atoms with Gasteiger partial charge >= 0.3 is 0 Å². The van der Waals surface area contributed by atoms with Gasteiger partial charge in [-0.25, -0.2) is 0 Å². The molecule has 10 heteroatoms. The largest absolute Gasteiger partial charge is 0.356 e. The van der Waals surface area contributed by atoms with Gasteiger partial charge in [0.2, 0.25) is 11.8 Å². The molecule has 0 aromatic carbocycles. The van der Waals surface area contributed by atoms with Crippen LogP contribution in [-0.4, -0.2) is 134 Å². The Morgan fingerprint density at radius 1 is 1.00 bits per heavy atom. The van der Waals surface area contributed by atoms with Gasteiger partial charge in [0.15, 0.2) is 5.96 Å². The van der Waals surface area contributed by atoms with Crippen LogP contribution in [-0.2, 0) is 9.59 Å². The van der Waals surface area contributed by atoms with Crippen molar-refractivity contribution in [3.8, 4) is 0 Å². The van der Waals surface area contributed by atoms with Gasteiger partial charge in [0.1, 0.15) is 0 Å². The van der Waals surface area contributed by atoms with Crippen molar-refractivity contribution < 1.29 is 9.59 Å². The number of amides is 2. The molecule has 3 aliphatic rings. The van der Waals surface area contributed by atoms with Crippen LogP contribution in [0.3, 0.4) is 0 Å². The molecule has 0 aliphatic carbocycles. The summed E-state index contributed by atoms with van der Waals surface area (Å²) in [6.07, 6.45) is 5.33. The summed E-state index contributed by atoms with van der Waals surface area (Å²) in [4.78, 5) is 40.2. The maximum absolute atomic E-state index is 12.7. The van der Waals surface area contributed by atoms with Gasteiger partial charge in [-0.2, -0.15) is 0 Å². The summed E-state index contributed by atoms with van der Waals surface area (Å²) < 4.78 is 0. The number of carbonyl (C=O) groups excluding carboxylic acids is 2. The van der Waals surface area contributed by atoms with Crippen molar-refractivity contribution >= 4 is 41.8 Å². The quantitative estimate of drug-likeness (QED) is 0.209. The number of guanidine groups is 1. The lowest BCUT2D eigenvalue weighted by Gasteiger charge is -2.39. The molecule has 3 heterocycles. The van der Waals surface area contributed by atoms with Crippen LogP contribution < -0.4 is 5.32 Å². The summed E-state index contributed by atoms with van der Waals surface area (Å²) in [5, 5.41) is 3.50. The summed E-state index contributed by atoms with van der Waals surface area (Å²) in [7, 11) is 5.51. The second-order valence-corrected chi connectivity index (χ2v) is 9.49. The summed E-state index contributed by atoms with van der Waals surface area (Å²) >= 11 is 0. The highest BCUT2D eigenvalue weighted by Gasteiger charge is 2.32. The zero-order valence-electron chi connectivity index (χ0n) is 21.0. The molecule has 3 fully saturated rings. The van der Waals surface area contributed by atoms with E-state index in [9.17, 15) is 9.59 Å². The first-order valence-electron chi connectivity index (χ1n) is 12.4. The highest BCUT2D eigenvalue weighted by Crippen LogP contribution is 2.19. The first-order valence-corrected chi connectivity index (χ1v) is 12.4. The SMILES string of the molecule is CN=C(NCCCN1CCCC1C(=O)N(C)C)N1CCN(C(C)C(=O)N2CCCC2)CC1.I. The Morgan fingerprint density at radius 2 is 1.67 bits per heavy atom. The second-order valence-electron chi connectivity index (χ2n) is 9.49. The number of hydrogen-bond acceptors (Lipinski definition) is 5. The van der Waals surface area contributed by atoms with Crippen LogP contribution in [0.4, 0.5) is 0 Å². The Balaban J connectivity index is 0.00000385. The van der Waals surface area contributed by atoms with Crippen molar-refractivity contribution in [3.05, 3.63) is 0 Å². The molecule has 1 N–H and O–H groups in total. The van der Waals surface area contributed by atoms with Crippen LogP contribution in [0, 0.1) is 0 Å². The molecule has 3 saturated heterocycles. The molecular formula is C23H44IN7O2. The molecule has 0 aromatic rings. The Kier molecular flexibility index (Phi) is 11.6. The molecule has 2 amide bonds. The van der Waals surface area contributed by atoms with Crippen molar-refractivity contribution in [2.45, 2.75) is 51.1 Å². The molecule has 9 nitrogen and oxygen atoms in total. The fourth-order valence-electron chi connectivity index (χ4n) is 5.17. The Labute approximate surface area is 216 Å². The van der Waals surface area contributed by atoms with Crippen molar-refractivity contribution in [2.75, 3.05) is 80.0 Å². The minimum Gasteiger partial charge on any atom is -0.356 e. The minimum absolute atomic E-state index is 0. The second kappa shape index (κ2) is 13.7. The third-order valence-electron chi connectivity index (χ3n) is 7.14. The van der Waals surface area contributed by atoms with Crippen LogP contribution in [0.2, 0.25) is 0 Å². The van der Waals surface area contributed by atoms with Gasteiger partial charge in [0, 0.05) is 73.5 Å². The van der Waals surface area contributed by atoms with E-state index in [4.69, 9.17) is 0 Å². The predicted molar refractivity (Wildman–Crippen MR) is 143 cm³/mol. The zero-order valence-corrected chi connectivity index (χ0v) is 23.3. The summed E-state index contributed by atoms with van der Waals surface area (Å²) in [5.74, 6) is 1.44. The van der Waals surface area contributed by atoms with Crippen molar-refractivity contribution in [1.82, 2.24) is 29.8 Å². The lowest BCUT2D eigenvalue weighted by Crippen LogP contribution is -2.57. The predicted octanol–water partition coefficient (Wildman–Crippen LogP) is 0.751. The van der Waals surface area contributed by atoms with Gasteiger partial charge in [-0.3, -0.25) is 24.4 Å². The van der Waals surface area contributed by atoms with Crippen LogP contribution in [0.5, 0.6) is 0 Å². The smallest absolute Gasteiger partial charge is 0.239 e. The number of halogens is 1. The molecule has 0 radical (unpaired) electrons. The maximum atomic E-state index is 12.7. The topological polar surface area (TPSA) is 74.7 Å². The number of nitrogens with one attached hydrogen (secondary N) is 1. The fraction of sp³-hybridized carbons (Fsp3) is 0.870. The number of piperazine rings is 1. The van der Waals surface area contributed by atoms with Gasteiger partial charge in [0.05, 0.1) is 12.1 Å². The van der Waals surface area contributed by atoms with Crippen LogP contribution in [0.25, 0.3) is 0 Å². The van der Waals surface area contributed by atoms with E-state index in [-0.39, 0.29) is 47.9 Å². The monoisotopic (exact) mass is 577 g/mol. The maximum Gasteiger partial charge on any atom is 0.239 e. The van der Waals surface area contributed by atoms with Crippen molar-refractivity contribution in [3.63, 3.8) is 0 Å². The summed E-state index contributed by atoms with van der Waals surface area (Å²) in [5.41, 5.74) is 0.